The quantitative estimate of drug-likeness (QED) is 0.587. The van der Waals surface area contributed by atoms with Crippen molar-refractivity contribution in [1.29, 1.82) is 0 Å². The van der Waals surface area contributed by atoms with Gasteiger partial charge in [-0.1, -0.05) is 12.2 Å². The second-order valence-electron chi connectivity index (χ2n) is 3.34. The lowest BCUT2D eigenvalue weighted by atomic mass is 10.1. The molecule has 1 aromatic heterocycles. The van der Waals surface area contributed by atoms with Crippen molar-refractivity contribution in [1.82, 2.24) is 10.3 Å². The van der Waals surface area contributed by atoms with Crippen LogP contribution in [0.25, 0.3) is 0 Å². The van der Waals surface area contributed by atoms with Crippen LogP contribution in [-0.4, -0.2) is 40.2 Å². The first-order chi connectivity index (χ1) is 7.97. The highest BCUT2D eigenvalue weighted by atomic mass is 32.1. The van der Waals surface area contributed by atoms with E-state index < -0.39 is 11.9 Å². The Morgan fingerprint density at radius 2 is 2.12 bits per heavy atom. The molecule has 0 unspecified atom stereocenters. The van der Waals surface area contributed by atoms with Crippen LogP contribution < -0.4 is 5.32 Å². The van der Waals surface area contributed by atoms with Crippen LogP contribution in [0.1, 0.15) is 26.4 Å². The molecule has 1 rings (SSSR count). The van der Waals surface area contributed by atoms with Gasteiger partial charge in [0.05, 0.1) is 17.7 Å². The highest BCUT2D eigenvalue weighted by molar-refractivity contribution is 7.71. The fourth-order valence-corrected chi connectivity index (χ4v) is 1.58. The molecule has 0 aromatic carbocycles. The molecule has 0 saturated carbocycles. The number of carboxylic acid groups (broad SMARTS) is 1. The largest absolute Gasteiger partial charge is 0.478 e. The summed E-state index contributed by atoms with van der Waals surface area (Å²) in [5.41, 5.74) is 0.463. The van der Waals surface area contributed by atoms with Gasteiger partial charge in [0, 0.05) is 12.2 Å². The zero-order valence-electron chi connectivity index (χ0n) is 9.11. The van der Waals surface area contributed by atoms with Crippen LogP contribution in [0.2, 0.25) is 0 Å². The number of pyridine rings is 1. The third-order valence-corrected chi connectivity index (χ3v) is 2.43. The van der Waals surface area contributed by atoms with E-state index in [0.717, 1.165) is 0 Å². The first kappa shape index (κ1) is 13.3. The number of carboxylic acids is 1. The number of H-pyrrole nitrogens is 1. The van der Waals surface area contributed by atoms with Crippen molar-refractivity contribution in [2.24, 2.45) is 0 Å². The fraction of sp³-hybridized carbons (Fsp3) is 0.300. The summed E-state index contributed by atoms with van der Waals surface area (Å²) in [5, 5.41) is 19.9. The zero-order chi connectivity index (χ0) is 13.0. The monoisotopic (exact) mass is 256 g/mol. The number of carbonyl (C=O) groups is 2. The summed E-state index contributed by atoms with van der Waals surface area (Å²) >= 11 is 4.94. The minimum atomic E-state index is -1.13. The average Bonchev–Trinajstić information content (AvgIpc) is 2.25. The molecule has 6 nitrogen and oxygen atoms in total. The van der Waals surface area contributed by atoms with E-state index in [0.29, 0.717) is 5.69 Å². The lowest BCUT2D eigenvalue weighted by molar-refractivity contribution is 0.0695. The number of rotatable bonds is 4. The molecule has 1 amide bonds. The van der Waals surface area contributed by atoms with Gasteiger partial charge < -0.3 is 20.5 Å². The van der Waals surface area contributed by atoms with Crippen molar-refractivity contribution in [3.05, 3.63) is 27.5 Å². The minimum absolute atomic E-state index is 0.00671. The maximum Gasteiger partial charge on any atom is 0.337 e. The molecule has 1 aromatic rings. The van der Waals surface area contributed by atoms with Gasteiger partial charge in [-0.3, -0.25) is 4.79 Å². The summed E-state index contributed by atoms with van der Waals surface area (Å²) in [5.74, 6) is -1.65. The second kappa shape index (κ2) is 5.55. The molecule has 92 valence electrons. The Balaban J connectivity index is 3.16. The zero-order valence-corrected chi connectivity index (χ0v) is 9.93. The number of aromatic amines is 1. The first-order valence-corrected chi connectivity index (χ1v) is 5.24. The fourth-order valence-electron chi connectivity index (χ4n) is 1.28. The number of hydrogen-bond acceptors (Lipinski definition) is 4. The third-order valence-electron chi connectivity index (χ3n) is 2.11. The van der Waals surface area contributed by atoms with Gasteiger partial charge in [-0.05, 0) is 13.0 Å². The molecule has 0 aliphatic carbocycles. The molecule has 0 fully saturated rings. The van der Waals surface area contributed by atoms with Crippen LogP contribution >= 0.6 is 12.2 Å². The summed E-state index contributed by atoms with van der Waals surface area (Å²) in [7, 11) is 0. The number of aliphatic hydroxyl groups is 1. The number of aromatic carboxylic acids is 1. The molecule has 17 heavy (non-hydrogen) atoms. The predicted octanol–water partition coefficient (Wildman–Crippen LogP) is 0.473. The predicted molar refractivity (Wildman–Crippen MR) is 62.7 cm³/mol. The standard InChI is InChI=1S/C10H12N2O4S/c1-5-6(10(15)16)4-7(9(17)12-5)8(14)11-2-3-13/h4,13H,2-3H2,1H3,(H,11,14)(H,12,17)(H,15,16). The van der Waals surface area contributed by atoms with E-state index in [1.165, 1.54) is 6.07 Å². The molecule has 0 spiro atoms. The summed E-state index contributed by atoms with van der Waals surface area (Å²) < 4.78 is 0.169. The maximum atomic E-state index is 11.6. The Kier molecular flexibility index (Phi) is 4.36. The van der Waals surface area contributed by atoms with Crippen LogP contribution in [0.15, 0.2) is 6.07 Å². The Hall–Kier alpha value is -1.73. The van der Waals surface area contributed by atoms with Crippen LogP contribution in [0.4, 0.5) is 0 Å². The molecule has 4 N–H and O–H groups in total. The molecule has 0 aliphatic rings. The van der Waals surface area contributed by atoms with Gasteiger partial charge in [-0.2, -0.15) is 0 Å². The Labute approximate surface area is 102 Å². The molecule has 0 atom stereocenters. The number of hydrogen-bond donors (Lipinski definition) is 4. The van der Waals surface area contributed by atoms with E-state index in [1.54, 1.807) is 6.92 Å². The van der Waals surface area contributed by atoms with Crippen LogP contribution in [0, 0.1) is 11.6 Å². The van der Waals surface area contributed by atoms with E-state index in [2.05, 4.69) is 10.3 Å². The molecular formula is C10H12N2O4S. The molecule has 0 bridgehead atoms. The minimum Gasteiger partial charge on any atom is -0.478 e. The van der Waals surface area contributed by atoms with E-state index in [-0.39, 0.29) is 28.9 Å². The molecule has 0 aliphatic heterocycles. The van der Waals surface area contributed by atoms with Crippen molar-refractivity contribution in [3.8, 4) is 0 Å². The highest BCUT2D eigenvalue weighted by Gasteiger charge is 2.14. The molecule has 0 saturated heterocycles. The summed E-state index contributed by atoms with van der Waals surface area (Å²) in [4.78, 5) is 25.2. The normalized spacial score (nSPS) is 10.0. The Bertz CT molecular complexity index is 510. The number of aliphatic hydroxyl groups excluding tert-OH is 1. The van der Waals surface area contributed by atoms with Crippen molar-refractivity contribution in [2.75, 3.05) is 13.2 Å². The highest BCUT2D eigenvalue weighted by Crippen LogP contribution is 2.10. The van der Waals surface area contributed by atoms with Crippen LogP contribution in [0.5, 0.6) is 0 Å². The third kappa shape index (κ3) is 3.11. The topological polar surface area (TPSA) is 102 Å². The van der Waals surface area contributed by atoms with Crippen molar-refractivity contribution in [3.63, 3.8) is 0 Å². The van der Waals surface area contributed by atoms with Crippen LogP contribution in [0.3, 0.4) is 0 Å². The van der Waals surface area contributed by atoms with Gasteiger partial charge in [0.2, 0.25) is 0 Å². The van der Waals surface area contributed by atoms with Crippen molar-refractivity contribution < 1.29 is 19.8 Å². The van der Waals surface area contributed by atoms with Gasteiger partial charge >= 0.3 is 5.97 Å². The second-order valence-corrected chi connectivity index (χ2v) is 3.74. The summed E-state index contributed by atoms with van der Waals surface area (Å²) in [6, 6.07) is 1.23. The number of aryl methyl sites for hydroxylation is 1. The van der Waals surface area contributed by atoms with E-state index >= 15 is 0 Å². The van der Waals surface area contributed by atoms with Gasteiger partial charge in [0.1, 0.15) is 4.64 Å². The van der Waals surface area contributed by atoms with E-state index in [9.17, 15) is 9.59 Å². The Morgan fingerprint density at radius 1 is 1.47 bits per heavy atom. The summed E-state index contributed by atoms with van der Waals surface area (Å²) in [6.45, 7) is 1.46. The van der Waals surface area contributed by atoms with Gasteiger partial charge in [0.15, 0.2) is 0 Å². The number of nitrogens with one attached hydrogen (secondary N) is 2. The summed E-state index contributed by atoms with van der Waals surface area (Å²) in [6.07, 6.45) is 0. The van der Waals surface area contributed by atoms with Gasteiger partial charge in [-0.25, -0.2) is 4.79 Å². The lowest BCUT2D eigenvalue weighted by Crippen LogP contribution is -2.27. The molecule has 0 radical (unpaired) electrons. The van der Waals surface area contributed by atoms with Crippen molar-refractivity contribution in [2.45, 2.75) is 6.92 Å². The Morgan fingerprint density at radius 3 is 2.65 bits per heavy atom. The van der Waals surface area contributed by atoms with Crippen molar-refractivity contribution >= 4 is 24.1 Å². The number of amides is 1. The lowest BCUT2D eigenvalue weighted by Gasteiger charge is -2.06. The number of aromatic nitrogens is 1. The molecular weight excluding hydrogens is 244 g/mol. The van der Waals surface area contributed by atoms with Crippen LogP contribution in [-0.2, 0) is 0 Å². The first-order valence-electron chi connectivity index (χ1n) is 4.83. The molecule has 7 heteroatoms. The number of carbonyl (C=O) groups excluding carboxylic acids is 1. The van der Waals surface area contributed by atoms with Gasteiger partial charge in [0.25, 0.3) is 5.91 Å². The van der Waals surface area contributed by atoms with E-state index in [1.807, 2.05) is 0 Å². The average molecular weight is 256 g/mol. The van der Waals surface area contributed by atoms with E-state index in [4.69, 9.17) is 22.4 Å². The SMILES string of the molecule is Cc1[nH]c(=S)c(C(=O)NCCO)cc1C(=O)O. The molecule has 1 heterocycles. The smallest absolute Gasteiger partial charge is 0.337 e. The van der Waals surface area contributed by atoms with Gasteiger partial charge in [-0.15, -0.1) is 0 Å². The maximum absolute atomic E-state index is 11.6.